The molecule has 0 atom stereocenters. The highest BCUT2D eigenvalue weighted by atomic mass is 19.1. The summed E-state index contributed by atoms with van der Waals surface area (Å²) in [6.45, 7) is 3.79. The fourth-order valence-corrected chi connectivity index (χ4v) is 2.93. The van der Waals surface area contributed by atoms with Crippen molar-refractivity contribution in [2.24, 2.45) is 0 Å². The summed E-state index contributed by atoms with van der Waals surface area (Å²) in [5.41, 5.74) is -0.489. The molecular weight excluding hydrogens is 368 g/mol. The predicted molar refractivity (Wildman–Crippen MR) is 100 cm³/mol. The van der Waals surface area contributed by atoms with Gasteiger partial charge < -0.3 is 15.4 Å². The second-order valence-electron chi connectivity index (χ2n) is 6.31. The predicted octanol–water partition coefficient (Wildman–Crippen LogP) is 2.28. The average Bonchev–Trinajstić information content (AvgIpc) is 2.69. The molecule has 0 spiro atoms. The van der Waals surface area contributed by atoms with Gasteiger partial charge in [-0.3, -0.25) is 14.5 Å². The number of hydrogen-bond donors (Lipinski definition) is 2. The number of carbonyl (C=O) groups is 2. The lowest BCUT2D eigenvalue weighted by molar-refractivity contribution is 0.0383. The van der Waals surface area contributed by atoms with Gasteiger partial charge in [-0.2, -0.15) is 0 Å². The van der Waals surface area contributed by atoms with Gasteiger partial charge in [0.1, 0.15) is 11.6 Å². The maximum Gasteiger partial charge on any atom is 0.258 e. The number of ether oxygens (including phenoxy) is 1. The highest BCUT2D eigenvalue weighted by Gasteiger charge is 2.20. The Hall–Kier alpha value is -2.84. The molecule has 0 aliphatic carbocycles. The Morgan fingerprint density at radius 1 is 0.964 bits per heavy atom. The van der Waals surface area contributed by atoms with Crippen LogP contribution in [0.3, 0.4) is 0 Å². The van der Waals surface area contributed by atoms with E-state index in [0.717, 1.165) is 25.2 Å². The van der Waals surface area contributed by atoms with E-state index in [0.29, 0.717) is 26.3 Å². The van der Waals surface area contributed by atoms with E-state index in [1.165, 1.54) is 30.3 Å². The third kappa shape index (κ3) is 4.90. The van der Waals surface area contributed by atoms with Gasteiger partial charge in [0.2, 0.25) is 0 Å². The molecule has 28 heavy (non-hydrogen) atoms. The maximum absolute atomic E-state index is 14.3. The van der Waals surface area contributed by atoms with Crippen LogP contribution in [-0.4, -0.2) is 56.1 Å². The van der Waals surface area contributed by atoms with Crippen molar-refractivity contribution in [2.45, 2.75) is 0 Å². The third-order valence-electron chi connectivity index (χ3n) is 4.42. The Morgan fingerprint density at radius 3 is 2.43 bits per heavy atom. The molecule has 1 heterocycles. The van der Waals surface area contributed by atoms with E-state index in [1.807, 2.05) is 0 Å². The Labute approximate surface area is 161 Å². The SMILES string of the molecule is O=C(Nc1cccc(F)c1C(=O)NCCN1CCOCC1)c1ccccc1F. The minimum atomic E-state index is -0.768. The Bertz CT molecular complexity index is 854. The van der Waals surface area contributed by atoms with Crippen LogP contribution in [-0.2, 0) is 4.74 Å². The molecule has 2 aromatic rings. The van der Waals surface area contributed by atoms with Gasteiger partial charge in [-0.15, -0.1) is 0 Å². The summed E-state index contributed by atoms with van der Waals surface area (Å²) in [6.07, 6.45) is 0. The lowest BCUT2D eigenvalue weighted by atomic mass is 10.1. The van der Waals surface area contributed by atoms with Gasteiger partial charge in [0, 0.05) is 26.2 Å². The van der Waals surface area contributed by atoms with Gasteiger partial charge in [-0.1, -0.05) is 18.2 Å². The quantitative estimate of drug-likeness (QED) is 0.795. The van der Waals surface area contributed by atoms with Gasteiger partial charge in [0.05, 0.1) is 30.0 Å². The highest BCUT2D eigenvalue weighted by Crippen LogP contribution is 2.20. The molecule has 2 N–H and O–H groups in total. The number of amides is 2. The first kappa shape index (κ1) is 19.9. The van der Waals surface area contributed by atoms with Crippen LogP contribution in [0.4, 0.5) is 14.5 Å². The number of nitrogens with one attached hydrogen (secondary N) is 2. The second-order valence-corrected chi connectivity index (χ2v) is 6.31. The van der Waals surface area contributed by atoms with Gasteiger partial charge in [-0.05, 0) is 24.3 Å². The Balaban J connectivity index is 1.68. The summed E-state index contributed by atoms with van der Waals surface area (Å²) < 4.78 is 33.4. The van der Waals surface area contributed by atoms with Crippen molar-refractivity contribution >= 4 is 17.5 Å². The van der Waals surface area contributed by atoms with Crippen LogP contribution in [0, 0.1) is 11.6 Å². The van der Waals surface area contributed by atoms with Gasteiger partial charge in [0.25, 0.3) is 11.8 Å². The molecule has 0 radical (unpaired) electrons. The van der Waals surface area contributed by atoms with E-state index >= 15 is 0 Å². The lowest BCUT2D eigenvalue weighted by Gasteiger charge is -2.26. The molecule has 1 aliphatic rings. The second kappa shape index (κ2) is 9.38. The van der Waals surface area contributed by atoms with Crippen LogP contribution in [0.25, 0.3) is 0 Å². The molecule has 148 valence electrons. The Morgan fingerprint density at radius 2 is 1.68 bits per heavy atom. The first-order valence-electron chi connectivity index (χ1n) is 8.99. The average molecular weight is 389 g/mol. The molecule has 0 bridgehead atoms. The molecule has 2 aromatic carbocycles. The zero-order valence-corrected chi connectivity index (χ0v) is 15.2. The summed E-state index contributed by atoms with van der Waals surface area (Å²) >= 11 is 0. The minimum Gasteiger partial charge on any atom is -0.379 e. The molecule has 2 amide bonds. The van der Waals surface area contributed by atoms with Crippen LogP contribution < -0.4 is 10.6 Å². The molecule has 6 nitrogen and oxygen atoms in total. The Kier molecular flexibility index (Phi) is 6.67. The van der Waals surface area contributed by atoms with Gasteiger partial charge in [0.15, 0.2) is 0 Å². The molecule has 3 rings (SSSR count). The first-order valence-corrected chi connectivity index (χ1v) is 8.99. The van der Waals surface area contributed by atoms with E-state index in [1.54, 1.807) is 0 Å². The third-order valence-corrected chi connectivity index (χ3v) is 4.42. The monoisotopic (exact) mass is 389 g/mol. The summed E-state index contributed by atoms with van der Waals surface area (Å²) in [6, 6.07) is 9.35. The van der Waals surface area contributed by atoms with E-state index in [9.17, 15) is 18.4 Å². The zero-order valence-electron chi connectivity index (χ0n) is 15.2. The van der Waals surface area contributed by atoms with Gasteiger partial charge >= 0.3 is 0 Å². The van der Waals surface area contributed by atoms with Crippen molar-refractivity contribution in [3.63, 3.8) is 0 Å². The summed E-state index contributed by atoms with van der Waals surface area (Å²) in [7, 11) is 0. The molecule has 8 heteroatoms. The minimum absolute atomic E-state index is 0.0166. The smallest absolute Gasteiger partial charge is 0.258 e. The molecule has 0 aromatic heterocycles. The van der Waals surface area contributed by atoms with E-state index in [4.69, 9.17) is 4.74 Å². The van der Waals surface area contributed by atoms with Crippen molar-refractivity contribution in [1.29, 1.82) is 0 Å². The number of halogens is 2. The van der Waals surface area contributed by atoms with Crippen LogP contribution in [0.5, 0.6) is 0 Å². The number of nitrogens with zero attached hydrogens (tertiary/aromatic N) is 1. The number of morpholine rings is 1. The fraction of sp³-hybridized carbons (Fsp3) is 0.300. The zero-order chi connectivity index (χ0) is 19.9. The van der Waals surface area contributed by atoms with Crippen LogP contribution >= 0.6 is 0 Å². The largest absolute Gasteiger partial charge is 0.379 e. The number of benzene rings is 2. The first-order chi connectivity index (χ1) is 13.6. The van der Waals surface area contributed by atoms with E-state index in [2.05, 4.69) is 15.5 Å². The standard InChI is InChI=1S/C20H21F2N3O3/c21-15-5-2-1-4-14(15)19(26)24-17-7-3-6-16(22)18(17)20(27)23-8-9-25-10-12-28-13-11-25/h1-7H,8-13H2,(H,23,27)(H,24,26). The van der Waals surface area contributed by atoms with Crippen molar-refractivity contribution in [1.82, 2.24) is 10.2 Å². The van der Waals surface area contributed by atoms with Gasteiger partial charge in [-0.25, -0.2) is 8.78 Å². The summed E-state index contributed by atoms with van der Waals surface area (Å²) in [5, 5.41) is 5.09. The molecule has 0 saturated carbocycles. The van der Waals surface area contributed by atoms with Crippen LogP contribution in [0.1, 0.15) is 20.7 Å². The van der Waals surface area contributed by atoms with Crippen molar-refractivity contribution in [3.8, 4) is 0 Å². The maximum atomic E-state index is 14.3. The van der Waals surface area contributed by atoms with Crippen molar-refractivity contribution in [2.75, 3.05) is 44.7 Å². The molecule has 0 unspecified atom stereocenters. The topological polar surface area (TPSA) is 70.7 Å². The summed E-state index contributed by atoms with van der Waals surface area (Å²) in [4.78, 5) is 26.9. The molecule has 1 aliphatic heterocycles. The van der Waals surface area contributed by atoms with Crippen LogP contribution in [0.2, 0.25) is 0 Å². The lowest BCUT2D eigenvalue weighted by Crippen LogP contribution is -2.41. The number of hydrogen-bond acceptors (Lipinski definition) is 4. The normalized spacial score (nSPS) is 14.5. The van der Waals surface area contributed by atoms with Crippen molar-refractivity contribution < 1.29 is 23.1 Å². The molecular formula is C20H21F2N3O3. The van der Waals surface area contributed by atoms with E-state index < -0.39 is 23.4 Å². The molecule has 1 fully saturated rings. The fourth-order valence-electron chi connectivity index (χ4n) is 2.93. The van der Waals surface area contributed by atoms with Crippen LogP contribution in [0.15, 0.2) is 42.5 Å². The highest BCUT2D eigenvalue weighted by molar-refractivity contribution is 6.09. The van der Waals surface area contributed by atoms with Crippen molar-refractivity contribution in [3.05, 3.63) is 65.2 Å². The van der Waals surface area contributed by atoms with E-state index in [-0.39, 0.29) is 16.8 Å². The number of carbonyl (C=O) groups excluding carboxylic acids is 2. The number of rotatable bonds is 6. The molecule has 1 saturated heterocycles. The number of anilines is 1. The summed E-state index contributed by atoms with van der Waals surface area (Å²) in [5.74, 6) is -2.87.